The number of benzene rings is 3. The van der Waals surface area contributed by atoms with Crippen LogP contribution in [-0.4, -0.2) is 20.3 Å². The Morgan fingerprint density at radius 2 is 1.54 bits per heavy atom. The fourth-order valence-corrected chi connectivity index (χ4v) is 3.92. The first-order chi connectivity index (χ1) is 13.5. The summed E-state index contributed by atoms with van der Waals surface area (Å²) in [5.74, 6) is -0.307. The zero-order valence-electron chi connectivity index (χ0n) is 15.1. The van der Waals surface area contributed by atoms with Gasteiger partial charge in [-0.15, -0.1) is 0 Å². The van der Waals surface area contributed by atoms with Gasteiger partial charge in [-0.1, -0.05) is 60.2 Å². The van der Waals surface area contributed by atoms with E-state index in [2.05, 4.69) is 0 Å². The molecule has 6 heteroatoms. The van der Waals surface area contributed by atoms with Crippen molar-refractivity contribution in [2.24, 2.45) is 0 Å². The maximum absolute atomic E-state index is 12.9. The molecule has 0 spiro atoms. The highest BCUT2D eigenvalue weighted by molar-refractivity contribution is 7.87. The molecule has 5 nitrogen and oxygen atoms in total. The van der Waals surface area contributed by atoms with E-state index in [1.54, 1.807) is 30.3 Å². The Labute approximate surface area is 163 Å². The van der Waals surface area contributed by atoms with Gasteiger partial charge in [0.25, 0.3) is 0 Å². The molecule has 0 aliphatic carbocycles. The van der Waals surface area contributed by atoms with Crippen LogP contribution in [0.15, 0.2) is 83.8 Å². The van der Waals surface area contributed by atoms with Crippen molar-refractivity contribution < 1.29 is 22.1 Å². The van der Waals surface area contributed by atoms with Crippen molar-refractivity contribution >= 4 is 15.9 Å². The van der Waals surface area contributed by atoms with Crippen LogP contribution in [0.1, 0.15) is 27.6 Å². The standard InChI is InChI=1S/C22H18O5S/c1-15-11-13-17(14-12-15)28(24,25)27-19-10-6-5-9-18(19)20(23)22-21(26-22)16-7-3-2-4-8-16/h2-14,21-22H,1H3/t21-,22-/m0/s1. The van der Waals surface area contributed by atoms with Gasteiger partial charge in [-0.25, -0.2) is 0 Å². The van der Waals surface area contributed by atoms with Crippen molar-refractivity contribution in [3.05, 3.63) is 95.6 Å². The molecule has 0 N–H and O–H groups in total. The number of Topliss-reactive ketones (excluding diaryl/α,β-unsaturated/α-hetero) is 1. The van der Waals surface area contributed by atoms with Crippen molar-refractivity contribution in [2.75, 3.05) is 0 Å². The second-order valence-corrected chi connectivity index (χ2v) is 8.15. The molecule has 1 aliphatic rings. The van der Waals surface area contributed by atoms with Crippen LogP contribution in [-0.2, 0) is 14.9 Å². The van der Waals surface area contributed by atoms with Crippen LogP contribution >= 0.6 is 0 Å². The third-order valence-electron chi connectivity index (χ3n) is 4.54. The molecule has 0 saturated carbocycles. The summed E-state index contributed by atoms with van der Waals surface area (Å²) >= 11 is 0. The summed E-state index contributed by atoms with van der Waals surface area (Å²) in [6.45, 7) is 1.87. The predicted octanol–water partition coefficient (Wildman–Crippen LogP) is 4.09. The van der Waals surface area contributed by atoms with E-state index in [1.165, 1.54) is 18.2 Å². The molecule has 28 heavy (non-hydrogen) atoms. The van der Waals surface area contributed by atoms with Crippen LogP contribution < -0.4 is 4.18 Å². The highest BCUT2D eigenvalue weighted by Gasteiger charge is 2.47. The zero-order valence-corrected chi connectivity index (χ0v) is 15.9. The molecule has 142 valence electrons. The van der Waals surface area contributed by atoms with Crippen molar-refractivity contribution in [3.63, 3.8) is 0 Å². The van der Waals surface area contributed by atoms with Gasteiger partial charge in [-0.2, -0.15) is 8.42 Å². The van der Waals surface area contributed by atoms with Gasteiger partial charge in [-0.05, 0) is 36.8 Å². The molecule has 0 bridgehead atoms. The molecule has 0 radical (unpaired) electrons. The number of ether oxygens (including phenoxy) is 1. The van der Waals surface area contributed by atoms with Crippen molar-refractivity contribution in [1.29, 1.82) is 0 Å². The van der Waals surface area contributed by atoms with Crippen molar-refractivity contribution in [3.8, 4) is 5.75 Å². The molecule has 0 aromatic heterocycles. The third-order valence-corrected chi connectivity index (χ3v) is 5.79. The van der Waals surface area contributed by atoms with Gasteiger partial charge >= 0.3 is 10.1 Å². The molecule has 1 heterocycles. The quantitative estimate of drug-likeness (QED) is 0.358. The topological polar surface area (TPSA) is 73.0 Å². The minimum atomic E-state index is -4.05. The maximum Gasteiger partial charge on any atom is 0.339 e. The number of hydrogen-bond donors (Lipinski definition) is 0. The molecule has 3 aromatic rings. The van der Waals surface area contributed by atoms with Crippen molar-refractivity contribution in [2.45, 2.75) is 24.0 Å². The van der Waals surface area contributed by atoms with Crippen LogP contribution in [0.5, 0.6) is 5.75 Å². The minimum absolute atomic E-state index is 0.00427. The molecule has 4 rings (SSSR count). The summed E-state index contributed by atoms with van der Waals surface area (Å²) < 4.78 is 36.0. The predicted molar refractivity (Wildman–Crippen MR) is 104 cm³/mol. The molecule has 0 amide bonds. The van der Waals surface area contributed by atoms with Crippen LogP contribution in [0.25, 0.3) is 0 Å². The summed E-state index contributed by atoms with van der Waals surface area (Å²) in [7, 11) is -4.05. The van der Waals surface area contributed by atoms with Gasteiger partial charge in [0.2, 0.25) is 0 Å². The first kappa shape index (κ1) is 18.4. The lowest BCUT2D eigenvalue weighted by molar-refractivity contribution is 0.0952. The lowest BCUT2D eigenvalue weighted by atomic mass is 10.0. The fraction of sp³-hybridized carbons (Fsp3) is 0.136. The van der Waals surface area contributed by atoms with Crippen molar-refractivity contribution in [1.82, 2.24) is 0 Å². The molecule has 0 unspecified atom stereocenters. The normalized spacial score (nSPS) is 18.5. The lowest BCUT2D eigenvalue weighted by Gasteiger charge is -2.10. The average molecular weight is 394 g/mol. The fourth-order valence-electron chi connectivity index (χ4n) is 2.98. The lowest BCUT2D eigenvalue weighted by Crippen LogP contribution is -2.15. The second-order valence-electron chi connectivity index (χ2n) is 6.60. The summed E-state index contributed by atoms with van der Waals surface area (Å²) in [5.41, 5.74) is 2.03. The van der Waals surface area contributed by atoms with Gasteiger partial charge in [0.05, 0.1) is 5.56 Å². The summed E-state index contributed by atoms with van der Waals surface area (Å²) in [6.07, 6.45) is -0.968. The highest BCUT2D eigenvalue weighted by atomic mass is 32.2. The van der Waals surface area contributed by atoms with E-state index in [-0.39, 0.29) is 28.1 Å². The molecule has 2 atom stereocenters. The Hall–Kier alpha value is -2.96. The average Bonchev–Trinajstić information content (AvgIpc) is 3.49. The van der Waals surface area contributed by atoms with E-state index >= 15 is 0 Å². The Morgan fingerprint density at radius 3 is 2.25 bits per heavy atom. The number of carbonyl (C=O) groups excluding carboxylic acids is 1. The van der Waals surface area contributed by atoms with E-state index in [0.717, 1.165) is 11.1 Å². The maximum atomic E-state index is 12.9. The van der Waals surface area contributed by atoms with E-state index in [9.17, 15) is 13.2 Å². The van der Waals surface area contributed by atoms with Crippen LogP contribution in [0.3, 0.4) is 0 Å². The molecule has 1 saturated heterocycles. The SMILES string of the molecule is Cc1ccc(S(=O)(=O)Oc2ccccc2C(=O)[C@@H]2O[C@H]2c2ccccc2)cc1. The Bertz CT molecular complexity index is 1110. The molecular weight excluding hydrogens is 376 g/mol. The Morgan fingerprint density at radius 1 is 0.893 bits per heavy atom. The number of para-hydroxylation sites is 1. The third kappa shape index (κ3) is 3.69. The summed E-state index contributed by atoms with van der Waals surface area (Å²) in [6, 6.07) is 22.1. The number of carbonyl (C=O) groups is 1. The smallest absolute Gasteiger partial charge is 0.339 e. The number of aryl methyl sites for hydroxylation is 1. The zero-order chi connectivity index (χ0) is 19.7. The van der Waals surface area contributed by atoms with Gasteiger partial charge in [-0.3, -0.25) is 4.79 Å². The molecule has 1 aliphatic heterocycles. The summed E-state index contributed by atoms with van der Waals surface area (Å²) in [4.78, 5) is 12.9. The molecular formula is C22H18O5S. The first-order valence-corrected chi connectivity index (χ1v) is 10.2. The van der Waals surface area contributed by atoms with Gasteiger partial charge in [0.1, 0.15) is 11.0 Å². The van der Waals surface area contributed by atoms with E-state index in [0.29, 0.717) is 0 Å². The number of hydrogen-bond acceptors (Lipinski definition) is 5. The monoisotopic (exact) mass is 394 g/mol. The van der Waals surface area contributed by atoms with Gasteiger partial charge in [0.15, 0.2) is 17.6 Å². The van der Waals surface area contributed by atoms with Crippen LogP contribution in [0, 0.1) is 6.92 Å². The molecule has 1 fully saturated rings. The summed E-state index contributed by atoms with van der Waals surface area (Å²) in [5, 5.41) is 0. The van der Waals surface area contributed by atoms with E-state index < -0.39 is 16.2 Å². The Kier molecular flexibility index (Phi) is 4.75. The largest absolute Gasteiger partial charge is 0.378 e. The van der Waals surface area contributed by atoms with Crippen LogP contribution in [0.4, 0.5) is 0 Å². The minimum Gasteiger partial charge on any atom is -0.378 e. The first-order valence-electron chi connectivity index (χ1n) is 8.80. The number of epoxide rings is 1. The highest BCUT2D eigenvalue weighted by Crippen LogP contribution is 2.41. The van der Waals surface area contributed by atoms with Gasteiger partial charge in [0, 0.05) is 0 Å². The number of rotatable bonds is 6. The van der Waals surface area contributed by atoms with E-state index in [4.69, 9.17) is 8.92 Å². The van der Waals surface area contributed by atoms with Crippen LogP contribution in [0.2, 0.25) is 0 Å². The van der Waals surface area contributed by atoms with Gasteiger partial charge < -0.3 is 8.92 Å². The molecule has 3 aromatic carbocycles. The Balaban J connectivity index is 1.58. The second kappa shape index (κ2) is 7.22. The van der Waals surface area contributed by atoms with E-state index in [1.807, 2.05) is 37.3 Å². The number of ketones is 1.